The van der Waals surface area contributed by atoms with Crippen molar-refractivity contribution in [3.63, 3.8) is 0 Å². The number of furan rings is 1. The summed E-state index contributed by atoms with van der Waals surface area (Å²) < 4.78 is 5.31. The number of hydrogen-bond acceptors (Lipinski definition) is 3. The van der Waals surface area contributed by atoms with Crippen LogP contribution in [0.1, 0.15) is 22.3 Å². The zero-order valence-corrected chi connectivity index (χ0v) is 13.8. The summed E-state index contributed by atoms with van der Waals surface area (Å²) in [7, 11) is 0. The molecule has 0 saturated carbocycles. The number of nitrogens with one attached hydrogen (secondary N) is 1. The summed E-state index contributed by atoms with van der Waals surface area (Å²) in [4.78, 5) is 24.1. The number of amides is 2. The normalized spacial score (nSPS) is 12.0. The van der Waals surface area contributed by atoms with Crippen molar-refractivity contribution in [3.05, 3.63) is 72.0 Å². The molecule has 1 aromatic heterocycles. The van der Waals surface area contributed by atoms with Gasteiger partial charge in [0.25, 0.3) is 5.91 Å². The monoisotopic (exact) mass is 336 g/mol. The van der Waals surface area contributed by atoms with Crippen molar-refractivity contribution in [1.29, 1.82) is 0 Å². The third-order valence-electron chi connectivity index (χ3n) is 4.28. The lowest BCUT2D eigenvalue weighted by Gasteiger charge is -2.14. The summed E-state index contributed by atoms with van der Waals surface area (Å²) >= 11 is 0. The summed E-state index contributed by atoms with van der Waals surface area (Å²) in [5, 5.41) is 3.57. The number of carbonyl (C=O) groups excluding carboxylic acids is 2. The Morgan fingerprint density at radius 1 is 1.04 bits per heavy atom. The first-order chi connectivity index (χ1) is 12.1. The fourth-order valence-corrected chi connectivity index (χ4v) is 2.83. The van der Waals surface area contributed by atoms with Gasteiger partial charge in [0.1, 0.15) is 5.58 Å². The molecule has 3 N–H and O–H groups in total. The highest BCUT2D eigenvalue weighted by molar-refractivity contribution is 6.06. The molecule has 2 amide bonds. The first-order valence-electron chi connectivity index (χ1n) is 8.23. The van der Waals surface area contributed by atoms with Crippen LogP contribution in [-0.4, -0.2) is 18.4 Å². The predicted molar refractivity (Wildman–Crippen MR) is 96.0 cm³/mol. The van der Waals surface area contributed by atoms with Gasteiger partial charge >= 0.3 is 0 Å². The molecule has 0 fully saturated rings. The minimum Gasteiger partial charge on any atom is -0.464 e. The van der Waals surface area contributed by atoms with Crippen LogP contribution < -0.4 is 11.1 Å². The molecule has 1 atom stereocenters. The number of aryl methyl sites for hydroxylation is 1. The zero-order chi connectivity index (χ0) is 17.6. The highest BCUT2D eigenvalue weighted by Crippen LogP contribution is 2.19. The van der Waals surface area contributed by atoms with Crippen molar-refractivity contribution < 1.29 is 14.0 Å². The van der Waals surface area contributed by atoms with Gasteiger partial charge in [0.15, 0.2) is 0 Å². The van der Waals surface area contributed by atoms with E-state index in [4.69, 9.17) is 10.2 Å². The van der Waals surface area contributed by atoms with Crippen LogP contribution in [-0.2, 0) is 11.2 Å². The summed E-state index contributed by atoms with van der Waals surface area (Å²) in [6.45, 7) is 0.217. The van der Waals surface area contributed by atoms with Gasteiger partial charge in [0.05, 0.1) is 17.7 Å². The molecule has 0 aliphatic rings. The van der Waals surface area contributed by atoms with Crippen LogP contribution in [0.5, 0.6) is 0 Å². The fourth-order valence-electron chi connectivity index (χ4n) is 2.83. The highest BCUT2D eigenvalue weighted by Gasteiger charge is 2.18. The quantitative estimate of drug-likeness (QED) is 0.695. The molecule has 128 valence electrons. The topological polar surface area (TPSA) is 85.3 Å². The Kier molecular flexibility index (Phi) is 5.14. The second-order valence-corrected chi connectivity index (χ2v) is 5.97. The van der Waals surface area contributed by atoms with E-state index in [0.29, 0.717) is 17.6 Å². The number of fused-ring (bicyclic) bond motifs is 1. The van der Waals surface area contributed by atoms with Crippen molar-refractivity contribution in [1.82, 2.24) is 5.32 Å². The van der Waals surface area contributed by atoms with Gasteiger partial charge in [-0.1, -0.05) is 36.4 Å². The Morgan fingerprint density at radius 2 is 1.84 bits per heavy atom. The average Bonchev–Trinajstić information content (AvgIpc) is 3.10. The smallest absolute Gasteiger partial charge is 0.252 e. The second-order valence-electron chi connectivity index (χ2n) is 5.97. The van der Waals surface area contributed by atoms with Crippen LogP contribution in [0.15, 0.2) is 65.3 Å². The van der Waals surface area contributed by atoms with E-state index in [9.17, 15) is 9.59 Å². The molecule has 0 bridgehead atoms. The van der Waals surface area contributed by atoms with Gasteiger partial charge in [-0.15, -0.1) is 0 Å². The van der Waals surface area contributed by atoms with E-state index in [1.807, 2.05) is 30.3 Å². The molecule has 3 aromatic rings. The first kappa shape index (κ1) is 16.8. The van der Waals surface area contributed by atoms with E-state index in [1.54, 1.807) is 30.5 Å². The van der Waals surface area contributed by atoms with E-state index in [0.717, 1.165) is 17.4 Å². The maximum Gasteiger partial charge on any atom is 0.252 e. The minimum atomic E-state index is -0.410. The largest absolute Gasteiger partial charge is 0.464 e. The average molecular weight is 336 g/mol. The first-order valence-corrected chi connectivity index (χ1v) is 8.23. The Bertz CT molecular complexity index is 871. The van der Waals surface area contributed by atoms with E-state index in [-0.39, 0.29) is 12.5 Å². The van der Waals surface area contributed by atoms with Gasteiger partial charge < -0.3 is 15.5 Å². The minimum absolute atomic E-state index is 0.217. The molecule has 0 spiro atoms. The van der Waals surface area contributed by atoms with E-state index < -0.39 is 11.8 Å². The van der Waals surface area contributed by atoms with Gasteiger partial charge in [0, 0.05) is 11.9 Å². The number of primary amides is 1. The molecule has 0 saturated heterocycles. The maximum atomic E-state index is 12.5. The predicted octanol–water partition coefficient (Wildman–Crippen LogP) is 2.90. The van der Waals surface area contributed by atoms with Gasteiger partial charge in [-0.25, -0.2) is 0 Å². The Balaban J connectivity index is 1.62. The van der Waals surface area contributed by atoms with Crippen molar-refractivity contribution in [2.24, 2.45) is 11.7 Å². The van der Waals surface area contributed by atoms with E-state index >= 15 is 0 Å². The third-order valence-corrected chi connectivity index (χ3v) is 4.28. The SMILES string of the molecule is NC(=O)[C@@H](CCc1ccccc1)CNC(=O)c1cccc2occc12. The zero-order valence-electron chi connectivity index (χ0n) is 13.8. The van der Waals surface area contributed by atoms with Gasteiger partial charge in [0.2, 0.25) is 5.91 Å². The van der Waals surface area contributed by atoms with Crippen LogP contribution >= 0.6 is 0 Å². The highest BCUT2D eigenvalue weighted by atomic mass is 16.3. The van der Waals surface area contributed by atoms with Crippen LogP contribution in [0.4, 0.5) is 0 Å². The molecule has 0 unspecified atom stereocenters. The van der Waals surface area contributed by atoms with Gasteiger partial charge in [-0.05, 0) is 36.6 Å². The number of nitrogens with two attached hydrogens (primary N) is 1. The van der Waals surface area contributed by atoms with Crippen molar-refractivity contribution >= 4 is 22.8 Å². The molecule has 2 aromatic carbocycles. The number of hydrogen-bond donors (Lipinski definition) is 2. The van der Waals surface area contributed by atoms with Crippen LogP contribution in [0.2, 0.25) is 0 Å². The molecule has 3 rings (SSSR count). The lowest BCUT2D eigenvalue weighted by Crippen LogP contribution is -2.36. The summed E-state index contributed by atoms with van der Waals surface area (Å²) in [5.74, 6) is -1.05. The van der Waals surface area contributed by atoms with Crippen molar-refractivity contribution in [2.45, 2.75) is 12.8 Å². The lowest BCUT2D eigenvalue weighted by molar-refractivity contribution is -0.121. The van der Waals surface area contributed by atoms with Crippen LogP contribution in [0, 0.1) is 5.92 Å². The Labute approximate surface area is 145 Å². The van der Waals surface area contributed by atoms with E-state index in [2.05, 4.69) is 5.32 Å². The van der Waals surface area contributed by atoms with Crippen molar-refractivity contribution in [3.8, 4) is 0 Å². The second kappa shape index (κ2) is 7.66. The van der Waals surface area contributed by atoms with Gasteiger partial charge in [-0.2, -0.15) is 0 Å². The van der Waals surface area contributed by atoms with Crippen LogP contribution in [0.3, 0.4) is 0 Å². The molecule has 0 aliphatic heterocycles. The molecule has 25 heavy (non-hydrogen) atoms. The summed E-state index contributed by atoms with van der Waals surface area (Å²) in [6.07, 6.45) is 2.88. The van der Waals surface area contributed by atoms with Crippen molar-refractivity contribution in [2.75, 3.05) is 6.54 Å². The lowest BCUT2D eigenvalue weighted by atomic mass is 9.98. The molecule has 5 nitrogen and oxygen atoms in total. The molecule has 0 radical (unpaired) electrons. The molecule has 1 heterocycles. The maximum absolute atomic E-state index is 12.5. The molecule has 0 aliphatic carbocycles. The molecule has 5 heteroatoms. The standard InChI is InChI=1S/C20H20N2O3/c21-19(23)15(10-9-14-5-2-1-3-6-14)13-22-20(24)17-7-4-8-18-16(17)11-12-25-18/h1-8,11-12,15H,9-10,13H2,(H2,21,23)(H,22,24)/t15-/m0/s1. The molecular formula is C20H20N2O3. The summed E-state index contributed by atoms with van der Waals surface area (Å²) in [6, 6.07) is 16.9. The number of rotatable bonds is 7. The van der Waals surface area contributed by atoms with Gasteiger partial charge in [-0.3, -0.25) is 9.59 Å². The van der Waals surface area contributed by atoms with E-state index in [1.165, 1.54) is 0 Å². The molecular weight excluding hydrogens is 316 g/mol. The number of carbonyl (C=O) groups is 2. The third kappa shape index (κ3) is 4.07. The Hall–Kier alpha value is -3.08. The summed E-state index contributed by atoms with van der Waals surface area (Å²) in [5.41, 5.74) is 7.82. The number of benzene rings is 2. The fraction of sp³-hybridized carbons (Fsp3) is 0.200. The van der Waals surface area contributed by atoms with Crippen LogP contribution in [0.25, 0.3) is 11.0 Å². The Morgan fingerprint density at radius 3 is 2.60 bits per heavy atom.